The summed E-state index contributed by atoms with van der Waals surface area (Å²) in [5.41, 5.74) is 6.27. The van der Waals surface area contributed by atoms with Gasteiger partial charge in [0, 0.05) is 50.4 Å². The summed E-state index contributed by atoms with van der Waals surface area (Å²) in [6, 6.07) is 5.44. The highest BCUT2D eigenvalue weighted by molar-refractivity contribution is 5.89. The monoisotopic (exact) mass is 438 g/mol. The number of nitrogens with zero attached hydrogens (tertiary/aromatic N) is 2. The number of nitrogens with one attached hydrogen (secondary N) is 1. The van der Waals surface area contributed by atoms with Crippen molar-refractivity contribution in [3.63, 3.8) is 0 Å². The fourth-order valence-corrected chi connectivity index (χ4v) is 3.32. The Morgan fingerprint density at radius 3 is 2.13 bits per heavy atom. The number of nitrogens with two attached hydrogens (primary N) is 1. The molecule has 0 radical (unpaired) electrons. The third-order valence-electron chi connectivity index (χ3n) is 5.02. The number of carbonyl (C=O) groups excluding carboxylic acids is 2. The quantitative estimate of drug-likeness (QED) is 0.557. The fraction of sp³-hybridized carbons (Fsp3) is 0.333. The van der Waals surface area contributed by atoms with Crippen molar-refractivity contribution in [1.29, 1.82) is 0 Å². The summed E-state index contributed by atoms with van der Waals surface area (Å²) in [5.74, 6) is -4.05. The van der Waals surface area contributed by atoms with Crippen LogP contribution in [-0.2, 0) is 11.2 Å². The highest BCUT2D eigenvalue weighted by Gasteiger charge is 2.25. The molecule has 1 atom stereocenters. The fourth-order valence-electron chi connectivity index (χ4n) is 3.32. The van der Waals surface area contributed by atoms with Gasteiger partial charge in [0.1, 0.15) is 11.6 Å². The van der Waals surface area contributed by atoms with E-state index >= 15 is 0 Å². The van der Waals surface area contributed by atoms with E-state index in [1.165, 1.54) is 29.2 Å². The second-order valence-electron chi connectivity index (χ2n) is 7.33. The Bertz CT molecular complexity index is 947. The van der Waals surface area contributed by atoms with Gasteiger partial charge in [0.2, 0.25) is 5.91 Å². The lowest BCUT2D eigenvalue weighted by molar-refractivity contribution is -0.132. The number of anilines is 1. The normalized spacial score (nSPS) is 15.0. The Morgan fingerprint density at radius 1 is 0.903 bits per heavy atom. The van der Waals surface area contributed by atoms with Gasteiger partial charge in [0.25, 0.3) is 0 Å². The van der Waals surface area contributed by atoms with Crippen molar-refractivity contribution in [1.82, 2.24) is 9.80 Å². The molecule has 0 bridgehead atoms. The van der Waals surface area contributed by atoms with Crippen LogP contribution in [0.3, 0.4) is 0 Å². The van der Waals surface area contributed by atoms with Crippen LogP contribution in [0.15, 0.2) is 36.4 Å². The van der Waals surface area contributed by atoms with Gasteiger partial charge in [-0.2, -0.15) is 0 Å². The Labute approximate surface area is 176 Å². The minimum Gasteiger partial charge on any atom is -0.339 e. The molecule has 1 aliphatic rings. The summed E-state index contributed by atoms with van der Waals surface area (Å²) < 4.78 is 53.0. The number of urea groups is 1. The lowest BCUT2D eigenvalue weighted by Crippen LogP contribution is -2.52. The molecule has 3 N–H and O–H groups in total. The van der Waals surface area contributed by atoms with Crippen molar-refractivity contribution in [2.45, 2.75) is 18.9 Å². The molecule has 166 valence electrons. The zero-order valence-electron chi connectivity index (χ0n) is 16.6. The molecule has 0 saturated carbocycles. The van der Waals surface area contributed by atoms with E-state index in [9.17, 15) is 27.2 Å². The molecule has 0 spiro atoms. The predicted octanol–water partition coefficient (Wildman–Crippen LogP) is 2.88. The molecule has 0 aliphatic carbocycles. The number of benzene rings is 2. The molecule has 31 heavy (non-hydrogen) atoms. The summed E-state index contributed by atoms with van der Waals surface area (Å²) in [7, 11) is 0. The number of rotatable bonds is 5. The van der Waals surface area contributed by atoms with Crippen LogP contribution in [0.25, 0.3) is 0 Å². The molecule has 1 saturated heterocycles. The summed E-state index contributed by atoms with van der Waals surface area (Å²) in [6.07, 6.45) is -0.213. The van der Waals surface area contributed by atoms with Gasteiger partial charge in [-0.25, -0.2) is 22.4 Å². The van der Waals surface area contributed by atoms with Crippen molar-refractivity contribution in [2.24, 2.45) is 5.73 Å². The molecule has 0 aromatic heterocycles. The molecule has 10 heteroatoms. The first-order valence-corrected chi connectivity index (χ1v) is 9.71. The smallest absolute Gasteiger partial charge is 0.321 e. The van der Waals surface area contributed by atoms with Gasteiger partial charge >= 0.3 is 6.03 Å². The lowest BCUT2D eigenvalue weighted by atomic mass is 10.0. The lowest BCUT2D eigenvalue weighted by Gasteiger charge is -2.35. The Balaban J connectivity index is 1.47. The minimum absolute atomic E-state index is 0.0958. The van der Waals surface area contributed by atoms with E-state index in [0.717, 1.165) is 6.07 Å². The van der Waals surface area contributed by atoms with E-state index < -0.39 is 29.3 Å². The van der Waals surface area contributed by atoms with Crippen LogP contribution in [0.5, 0.6) is 0 Å². The molecule has 2 aromatic carbocycles. The van der Waals surface area contributed by atoms with Crippen molar-refractivity contribution < 1.29 is 27.2 Å². The number of halogens is 4. The molecular weight excluding hydrogens is 416 g/mol. The van der Waals surface area contributed by atoms with Crippen molar-refractivity contribution >= 4 is 17.6 Å². The van der Waals surface area contributed by atoms with E-state index in [2.05, 4.69) is 5.32 Å². The Kier molecular flexibility index (Phi) is 7.11. The van der Waals surface area contributed by atoms with Gasteiger partial charge < -0.3 is 20.9 Å². The van der Waals surface area contributed by atoms with Crippen LogP contribution in [-0.4, -0.2) is 54.0 Å². The third-order valence-corrected chi connectivity index (χ3v) is 5.02. The van der Waals surface area contributed by atoms with Crippen molar-refractivity contribution in [2.75, 3.05) is 31.5 Å². The average molecular weight is 438 g/mol. The molecule has 0 unspecified atom stereocenters. The first-order valence-electron chi connectivity index (χ1n) is 9.71. The summed E-state index contributed by atoms with van der Waals surface area (Å²) >= 11 is 0. The average Bonchev–Trinajstić information content (AvgIpc) is 2.73. The molecule has 1 heterocycles. The molecule has 3 rings (SSSR count). The number of carbonyl (C=O) groups is 2. The zero-order chi connectivity index (χ0) is 22.5. The van der Waals surface area contributed by atoms with Gasteiger partial charge in [-0.15, -0.1) is 0 Å². The maximum atomic E-state index is 13.8. The maximum Gasteiger partial charge on any atom is 0.321 e. The van der Waals surface area contributed by atoms with Crippen LogP contribution in [0.2, 0.25) is 0 Å². The number of hydrogen-bond acceptors (Lipinski definition) is 3. The largest absolute Gasteiger partial charge is 0.339 e. The van der Waals surface area contributed by atoms with Crippen LogP contribution in [0.1, 0.15) is 12.0 Å². The number of amides is 3. The van der Waals surface area contributed by atoms with Gasteiger partial charge in [-0.05, 0) is 42.3 Å². The minimum atomic E-state index is -1.28. The molecule has 2 aromatic rings. The SMILES string of the molecule is N[C@@H](CC(=O)N1CCN(C(=O)Nc2ccc(F)cc2)CC1)Cc1cc(F)c(F)cc1F. The van der Waals surface area contributed by atoms with Crippen molar-refractivity contribution in [3.8, 4) is 0 Å². The Hall–Kier alpha value is -3.14. The second-order valence-corrected chi connectivity index (χ2v) is 7.33. The molecule has 1 aliphatic heterocycles. The standard InChI is InChI=1S/C21H22F4N4O2/c22-14-1-3-16(4-2-14)27-21(31)29-7-5-28(6-8-29)20(30)11-15(26)9-13-10-18(24)19(25)12-17(13)23/h1-4,10,12,15H,5-9,11,26H2,(H,27,31)/t15-/m1/s1. The van der Waals surface area contributed by atoms with Crippen LogP contribution in [0.4, 0.5) is 28.0 Å². The Morgan fingerprint density at radius 2 is 1.48 bits per heavy atom. The van der Waals surface area contributed by atoms with Gasteiger partial charge in [0.15, 0.2) is 11.6 Å². The summed E-state index contributed by atoms with van der Waals surface area (Å²) in [4.78, 5) is 27.8. The van der Waals surface area contributed by atoms with E-state index in [1.807, 2.05) is 0 Å². The molecule has 6 nitrogen and oxygen atoms in total. The predicted molar refractivity (Wildman–Crippen MR) is 106 cm³/mol. The van der Waals surface area contributed by atoms with Crippen molar-refractivity contribution in [3.05, 3.63) is 65.2 Å². The van der Waals surface area contributed by atoms with E-state index in [0.29, 0.717) is 37.9 Å². The maximum absolute atomic E-state index is 13.8. The zero-order valence-corrected chi connectivity index (χ0v) is 16.6. The van der Waals surface area contributed by atoms with Gasteiger partial charge in [-0.1, -0.05) is 0 Å². The van der Waals surface area contributed by atoms with Gasteiger partial charge in [0.05, 0.1) is 0 Å². The number of hydrogen-bond donors (Lipinski definition) is 2. The first kappa shape index (κ1) is 22.5. The van der Waals surface area contributed by atoms with Crippen LogP contribution >= 0.6 is 0 Å². The second kappa shape index (κ2) is 9.78. The molecule has 3 amide bonds. The molecule has 1 fully saturated rings. The van der Waals surface area contributed by atoms with E-state index in [-0.39, 0.29) is 30.3 Å². The summed E-state index contributed by atoms with van der Waals surface area (Å²) in [5, 5.41) is 2.66. The first-order chi connectivity index (χ1) is 14.7. The number of piperazine rings is 1. The van der Waals surface area contributed by atoms with Crippen LogP contribution in [0, 0.1) is 23.3 Å². The topological polar surface area (TPSA) is 78.7 Å². The van der Waals surface area contributed by atoms with E-state index in [4.69, 9.17) is 5.73 Å². The highest BCUT2D eigenvalue weighted by atomic mass is 19.2. The van der Waals surface area contributed by atoms with Crippen LogP contribution < -0.4 is 11.1 Å². The van der Waals surface area contributed by atoms with E-state index in [1.54, 1.807) is 4.90 Å². The highest BCUT2D eigenvalue weighted by Crippen LogP contribution is 2.17. The summed E-state index contributed by atoms with van der Waals surface area (Å²) in [6.45, 7) is 1.18. The molecular formula is C21H22F4N4O2. The van der Waals surface area contributed by atoms with Gasteiger partial charge in [-0.3, -0.25) is 4.79 Å². The third kappa shape index (κ3) is 5.94.